The maximum Gasteiger partial charge on any atom is 0.158 e. The molecule has 2 nitrogen and oxygen atoms in total. The van der Waals surface area contributed by atoms with Gasteiger partial charge in [0.05, 0.1) is 10.7 Å². The first-order valence-electron chi connectivity index (χ1n) is 5.96. The van der Waals surface area contributed by atoms with Gasteiger partial charge >= 0.3 is 0 Å². The number of hydrogen-bond donors (Lipinski definition) is 0. The molecular formula is C14H17NOS. The summed E-state index contributed by atoms with van der Waals surface area (Å²) in [6.45, 7) is 7.00. The van der Waals surface area contributed by atoms with E-state index < -0.39 is 0 Å². The first kappa shape index (κ1) is 12.2. The van der Waals surface area contributed by atoms with Crippen LogP contribution in [-0.4, -0.2) is 12.3 Å². The van der Waals surface area contributed by atoms with Crippen LogP contribution in [0.2, 0.25) is 0 Å². The van der Waals surface area contributed by atoms with E-state index in [-0.39, 0.29) is 5.78 Å². The Kier molecular flexibility index (Phi) is 3.57. The van der Waals surface area contributed by atoms with Crippen LogP contribution in [0.3, 0.4) is 0 Å². The highest BCUT2D eigenvalue weighted by molar-refractivity contribution is 8.03. The van der Waals surface area contributed by atoms with Gasteiger partial charge in [0.25, 0.3) is 0 Å². The number of carbonyl (C=O) groups excluding carboxylic acids is 1. The number of fused-ring (bicyclic) bond motifs is 1. The fraction of sp³-hybridized carbons (Fsp3) is 0.357. The van der Waals surface area contributed by atoms with E-state index in [0.717, 1.165) is 11.6 Å². The average Bonchev–Trinajstić information content (AvgIpc) is 2.65. The molecule has 0 unspecified atom stereocenters. The van der Waals surface area contributed by atoms with Gasteiger partial charge in [-0.15, -0.1) is 0 Å². The lowest BCUT2D eigenvalue weighted by molar-refractivity contribution is -0.114. The van der Waals surface area contributed by atoms with Crippen molar-refractivity contribution in [3.05, 3.63) is 34.9 Å². The smallest absolute Gasteiger partial charge is 0.158 e. The number of anilines is 1. The zero-order valence-corrected chi connectivity index (χ0v) is 11.3. The Morgan fingerprint density at radius 2 is 2.18 bits per heavy atom. The van der Waals surface area contributed by atoms with Crippen molar-refractivity contribution >= 4 is 23.2 Å². The largest absolute Gasteiger partial charge is 0.335 e. The number of nitrogens with zero attached hydrogens (tertiary/aromatic N) is 1. The Morgan fingerprint density at radius 1 is 1.41 bits per heavy atom. The molecule has 2 rings (SSSR count). The lowest BCUT2D eigenvalue weighted by atomic mass is 10.2. The van der Waals surface area contributed by atoms with Crippen LogP contribution < -0.4 is 4.90 Å². The monoisotopic (exact) mass is 247 g/mol. The lowest BCUT2D eigenvalue weighted by Gasteiger charge is -2.18. The highest BCUT2D eigenvalue weighted by Gasteiger charge is 2.24. The Balaban J connectivity index is 2.38. The summed E-state index contributed by atoms with van der Waals surface area (Å²) in [5.41, 5.74) is 2.48. The molecule has 0 saturated carbocycles. The molecule has 3 heteroatoms. The van der Waals surface area contributed by atoms with E-state index in [2.05, 4.69) is 36.9 Å². The first-order valence-corrected chi connectivity index (χ1v) is 6.78. The number of benzene rings is 1. The quantitative estimate of drug-likeness (QED) is 0.759. The third-order valence-electron chi connectivity index (χ3n) is 2.83. The minimum Gasteiger partial charge on any atom is -0.335 e. The van der Waals surface area contributed by atoms with Crippen molar-refractivity contribution in [1.82, 2.24) is 0 Å². The third kappa shape index (κ3) is 2.39. The zero-order chi connectivity index (χ0) is 12.4. The van der Waals surface area contributed by atoms with Crippen molar-refractivity contribution in [1.29, 1.82) is 0 Å². The fourth-order valence-corrected chi connectivity index (χ4v) is 3.05. The molecule has 0 aromatic heterocycles. The molecule has 0 N–H and O–H groups in total. The van der Waals surface area contributed by atoms with Crippen LogP contribution in [0.25, 0.3) is 0 Å². The maximum absolute atomic E-state index is 11.5. The maximum atomic E-state index is 11.5. The van der Waals surface area contributed by atoms with Crippen LogP contribution in [0.4, 0.5) is 5.69 Å². The molecular weight excluding hydrogens is 230 g/mol. The van der Waals surface area contributed by atoms with E-state index in [0.29, 0.717) is 6.42 Å². The summed E-state index contributed by atoms with van der Waals surface area (Å²) in [6, 6.07) is 6.43. The highest BCUT2D eigenvalue weighted by atomic mass is 32.2. The summed E-state index contributed by atoms with van der Waals surface area (Å²) >= 11 is 1.69. The van der Waals surface area contributed by atoms with Crippen LogP contribution in [0.15, 0.2) is 34.2 Å². The van der Waals surface area contributed by atoms with E-state index in [4.69, 9.17) is 0 Å². The van der Waals surface area contributed by atoms with Gasteiger partial charge in [0.15, 0.2) is 5.78 Å². The van der Waals surface area contributed by atoms with Crippen LogP contribution in [0.1, 0.15) is 25.8 Å². The van der Waals surface area contributed by atoms with Gasteiger partial charge in [-0.3, -0.25) is 4.79 Å². The van der Waals surface area contributed by atoms with E-state index in [1.807, 2.05) is 6.92 Å². The van der Waals surface area contributed by atoms with Crippen molar-refractivity contribution < 1.29 is 4.79 Å². The van der Waals surface area contributed by atoms with Gasteiger partial charge in [-0.1, -0.05) is 24.8 Å². The van der Waals surface area contributed by atoms with E-state index in [1.165, 1.54) is 16.1 Å². The summed E-state index contributed by atoms with van der Waals surface area (Å²) in [6.07, 6.45) is 2.33. The van der Waals surface area contributed by atoms with Crippen LogP contribution in [-0.2, 0) is 4.79 Å². The van der Waals surface area contributed by atoms with Gasteiger partial charge in [0, 0.05) is 23.9 Å². The molecule has 0 saturated heterocycles. The standard InChI is InChI=1S/C14H17NOS/c1-4-11(16)9-14-15(5-2)12-8-10(3)6-7-13(12)17-14/h6-9H,4-5H2,1-3H3/b14-9+. The third-order valence-corrected chi connectivity index (χ3v) is 3.95. The van der Waals surface area contributed by atoms with Crippen LogP contribution in [0, 0.1) is 6.92 Å². The highest BCUT2D eigenvalue weighted by Crippen LogP contribution is 2.46. The molecule has 1 aromatic rings. The van der Waals surface area contributed by atoms with Gasteiger partial charge in [0.2, 0.25) is 0 Å². The molecule has 0 bridgehead atoms. The average molecular weight is 247 g/mol. The summed E-state index contributed by atoms with van der Waals surface area (Å²) in [5, 5.41) is 1.06. The van der Waals surface area contributed by atoms with Gasteiger partial charge in [-0.05, 0) is 31.5 Å². The summed E-state index contributed by atoms with van der Waals surface area (Å²) in [5.74, 6) is 0.190. The molecule has 0 spiro atoms. The first-order chi connectivity index (χ1) is 8.15. The molecule has 1 aliphatic heterocycles. The lowest BCUT2D eigenvalue weighted by Crippen LogP contribution is -2.17. The normalized spacial score (nSPS) is 16.4. The summed E-state index contributed by atoms with van der Waals surface area (Å²) < 4.78 is 0. The van der Waals surface area contributed by atoms with Gasteiger partial charge < -0.3 is 4.90 Å². The van der Waals surface area contributed by atoms with Crippen molar-refractivity contribution in [3.63, 3.8) is 0 Å². The molecule has 0 aliphatic carbocycles. The van der Waals surface area contributed by atoms with E-state index in [9.17, 15) is 4.79 Å². The number of thioether (sulfide) groups is 1. The van der Waals surface area contributed by atoms with Crippen molar-refractivity contribution in [3.8, 4) is 0 Å². The Labute approximate surface area is 107 Å². The number of aryl methyl sites for hydroxylation is 1. The molecule has 1 aromatic carbocycles. The molecule has 17 heavy (non-hydrogen) atoms. The number of carbonyl (C=O) groups is 1. The van der Waals surface area contributed by atoms with Crippen molar-refractivity contribution in [2.75, 3.05) is 11.4 Å². The predicted molar refractivity (Wildman–Crippen MR) is 73.4 cm³/mol. The van der Waals surface area contributed by atoms with E-state index in [1.54, 1.807) is 17.8 Å². The zero-order valence-electron chi connectivity index (χ0n) is 10.5. The van der Waals surface area contributed by atoms with Gasteiger partial charge in [-0.25, -0.2) is 0 Å². The van der Waals surface area contributed by atoms with Crippen LogP contribution >= 0.6 is 11.8 Å². The predicted octanol–water partition coefficient (Wildman–Crippen LogP) is 3.75. The summed E-state index contributed by atoms with van der Waals surface area (Å²) in [7, 11) is 0. The molecule has 0 radical (unpaired) electrons. The van der Waals surface area contributed by atoms with Gasteiger partial charge in [0.1, 0.15) is 0 Å². The summed E-state index contributed by atoms with van der Waals surface area (Å²) in [4.78, 5) is 15.0. The van der Waals surface area contributed by atoms with Crippen molar-refractivity contribution in [2.24, 2.45) is 0 Å². The number of allylic oxidation sites excluding steroid dienone is 1. The second kappa shape index (κ2) is 4.96. The second-order valence-electron chi connectivity index (χ2n) is 4.12. The fourth-order valence-electron chi connectivity index (χ4n) is 1.88. The topological polar surface area (TPSA) is 20.3 Å². The molecule has 1 heterocycles. The Hall–Kier alpha value is -1.22. The van der Waals surface area contributed by atoms with Crippen molar-refractivity contribution in [2.45, 2.75) is 32.1 Å². The Bertz CT molecular complexity index is 479. The molecule has 0 fully saturated rings. The Morgan fingerprint density at radius 3 is 2.82 bits per heavy atom. The van der Waals surface area contributed by atoms with Crippen LogP contribution in [0.5, 0.6) is 0 Å². The number of hydrogen-bond acceptors (Lipinski definition) is 3. The molecule has 1 aliphatic rings. The second-order valence-corrected chi connectivity index (χ2v) is 5.18. The minimum atomic E-state index is 0.190. The number of ketones is 1. The molecule has 0 atom stereocenters. The van der Waals surface area contributed by atoms with Gasteiger partial charge in [-0.2, -0.15) is 0 Å². The SMILES string of the molecule is CCC(=O)/C=C1/Sc2ccc(C)cc2N1CC. The number of rotatable bonds is 3. The molecule has 90 valence electrons. The minimum absolute atomic E-state index is 0.190. The van der Waals surface area contributed by atoms with E-state index >= 15 is 0 Å². The molecule has 0 amide bonds.